The number of benzene rings is 2. The number of para-hydroxylation sites is 1. The Labute approximate surface area is 165 Å². The molecule has 1 unspecified atom stereocenters. The molecule has 0 fully saturated rings. The van der Waals surface area contributed by atoms with Gasteiger partial charge in [0.2, 0.25) is 0 Å². The van der Waals surface area contributed by atoms with E-state index in [9.17, 15) is 9.59 Å². The van der Waals surface area contributed by atoms with Crippen LogP contribution in [-0.4, -0.2) is 19.5 Å². The van der Waals surface area contributed by atoms with Crippen LogP contribution in [0.1, 0.15) is 27.8 Å². The highest BCUT2D eigenvalue weighted by Crippen LogP contribution is 2.21. The molecule has 5 nitrogen and oxygen atoms in total. The molecule has 1 amide bonds. The minimum absolute atomic E-state index is 0.0470. The summed E-state index contributed by atoms with van der Waals surface area (Å²) in [6, 6.07) is 11.4. The second kappa shape index (κ2) is 7.98. The number of carbonyl (C=O) groups excluding carboxylic acids is 1. The van der Waals surface area contributed by atoms with E-state index in [1.54, 1.807) is 0 Å². The van der Waals surface area contributed by atoms with Crippen LogP contribution in [0.4, 0.5) is 5.69 Å². The Morgan fingerprint density at radius 1 is 1.00 bits per heavy atom. The summed E-state index contributed by atoms with van der Waals surface area (Å²) in [5.74, 6) is -0.0470. The van der Waals surface area contributed by atoms with E-state index in [-0.39, 0.29) is 11.5 Å². The maximum absolute atomic E-state index is 12.5. The molecular weight excluding hydrogens is 352 g/mol. The van der Waals surface area contributed by atoms with Gasteiger partial charge in [0.05, 0.1) is 7.05 Å². The van der Waals surface area contributed by atoms with Crippen molar-refractivity contribution >= 4 is 22.6 Å². The molecule has 0 saturated carbocycles. The number of aryl methyl sites for hydroxylation is 4. The van der Waals surface area contributed by atoms with Gasteiger partial charge in [-0.25, -0.2) is 4.79 Å². The van der Waals surface area contributed by atoms with Crippen molar-refractivity contribution in [2.45, 2.75) is 34.2 Å². The quantitative estimate of drug-likeness (QED) is 0.670. The van der Waals surface area contributed by atoms with Crippen LogP contribution in [0.15, 0.2) is 45.6 Å². The standard InChI is InChI=1S/C23H26N2O3/c1-14-7-6-8-15(2)23(14)24-21(26)13-25(5)12-18-11-22(27)28-20-10-17(4)16(3)9-19(18)20/h6-11H,12-13H2,1-5H3,(H,24,26)/p+1. The summed E-state index contributed by atoms with van der Waals surface area (Å²) < 4.78 is 5.36. The fourth-order valence-corrected chi connectivity index (χ4v) is 3.49. The Bertz CT molecular complexity index is 1080. The van der Waals surface area contributed by atoms with Gasteiger partial charge in [0.25, 0.3) is 5.91 Å². The van der Waals surface area contributed by atoms with Crippen molar-refractivity contribution in [2.24, 2.45) is 0 Å². The number of amides is 1. The number of nitrogens with one attached hydrogen (secondary N) is 2. The molecule has 1 aromatic heterocycles. The summed E-state index contributed by atoms with van der Waals surface area (Å²) in [7, 11) is 1.95. The lowest BCUT2D eigenvalue weighted by Crippen LogP contribution is -3.08. The first-order valence-corrected chi connectivity index (χ1v) is 9.46. The summed E-state index contributed by atoms with van der Waals surface area (Å²) in [5.41, 5.74) is 6.32. The Hall–Kier alpha value is -2.92. The first-order valence-electron chi connectivity index (χ1n) is 9.46. The van der Waals surface area contributed by atoms with E-state index in [1.807, 2.05) is 65.1 Å². The highest BCUT2D eigenvalue weighted by atomic mass is 16.4. The molecule has 0 bridgehead atoms. The maximum Gasteiger partial charge on any atom is 0.336 e. The number of hydrogen-bond acceptors (Lipinski definition) is 3. The third kappa shape index (κ3) is 4.31. The predicted molar refractivity (Wildman–Crippen MR) is 112 cm³/mol. The van der Waals surface area contributed by atoms with Gasteiger partial charge in [-0.15, -0.1) is 0 Å². The highest BCUT2D eigenvalue weighted by Gasteiger charge is 2.16. The molecule has 28 heavy (non-hydrogen) atoms. The van der Waals surface area contributed by atoms with Crippen LogP contribution in [0.2, 0.25) is 0 Å². The van der Waals surface area contributed by atoms with Crippen LogP contribution < -0.4 is 15.8 Å². The van der Waals surface area contributed by atoms with Gasteiger partial charge in [0.15, 0.2) is 6.54 Å². The van der Waals surface area contributed by atoms with Gasteiger partial charge in [-0.1, -0.05) is 18.2 Å². The monoisotopic (exact) mass is 379 g/mol. The molecule has 2 aromatic carbocycles. The number of fused-ring (bicyclic) bond motifs is 1. The van der Waals surface area contributed by atoms with Crippen molar-refractivity contribution in [3.63, 3.8) is 0 Å². The van der Waals surface area contributed by atoms with Gasteiger partial charge in [0, 0.05) is 22.7 Å². The number of likely N-dealkylation sites (N-methyl/N-ethyl adjacent to an activating group) is 1. The third-order valence-electron chi connectivity index (χ3n) is 5.14. The second-order valence-electron chi connectivity index (χ2n) is 7.65. The molecule has 1 atom stereocenters. The summed E-state index contributed by atoms with van der Waals surface area (Å²) >= 11 is 0. The van der Waals surface area contributed by atoms with Gasteiger partial charge in [-0.2, -0.15) is 0 Å². The second-order valence-corrected chi connectivity index (χ2v) is 7.65. The van der Waals surface area contributed by atoms with Crippen molar-refractivity contribution in [1.82, 2.24) is 0 Å². The lowest BCUT2D eigenvalue weighted by Gasteiger charge is -2.16. The molecule has 2 N–H and O–H groups in total. The average Bonchev–Trinajstić information content (AvgIpc) is 2.60. The van der Waals surface area contributed by atoms with E-state index in [1.165, 1.54) is 6.07 Å². The predicted octanol–water partition coefficient (Wildman–Crippen LogP) is 2.68. The van der Waals surface area contributed by atoms with Gasteiger partial charge < -0.3 is 14.6 Å². The van der Waals surface area contributed by atoms with E-state index in [4.69, 9.17) is 4.42 Å². The Balaban J connectivity index is 1.78. The number of carbonyl (C=O) groups is 1. The highest BCUT2D eigenvalue weighted by molar-refractivity contribution is 5.93. The fraction of sp³-hybridized carbons (Fsp3) is 0.304. The van der Waals surface area contributed by atoms with Crippen LogP contribution in [0.3, 0.4) is 0 Å². The largest absolute Gasteiger partial charge is 0.423 e. The molecule has 1 heterocycles. The topological polar surface area (TPSA) is 63.8 Å². The smallest absolute Gasteiger partial charge is 0.336 e. The van der Waals surface area contributed by atoms with Crippen molar-refractivity contribution in [2.75, 3.05) is 18.9 Å². The number of quaternary nitrogens is 1. The van der Waals surface area contributed by atoms with Crippen LogP contribution in [-0.2, 0) is 11.3 Å². The Morgan fingerprint density at radius 3 is 2.32 bits per heavy atom. The summed E-state index contributed by atoms with van der Waals surface area (Å²) in [6.07, 6.45) is 0. The number of hydrogen-bond donors (Lipinski definition) is 2. The summed E-state index contributed by atoms with van der Waals surface area (Å²) in [5, 5.41) is 3.95. The molecule has 0 aliphatic rings. The lowest BCUT2D eigenvalue weighted by atomic mass is 10.0. The Morgan fingerprint density at radius 2 is 1.64 bits per heavy atom. The zero-order valence-electron chi connectivity index (χ0n) is 17.1. The molecular formula is C23H27N2O3+. The normalized spacial score (nSPS) is 12.2. The minimum Gasteiger partial charge on any atom is -0.423 e. The molecule has 3 aromatic rings. The van der Waals surface area contributed by atoms with Gasteiger partial charge in [0.1, 0.15) is 12.1 Å². The third-order valence-corrected chi connectivity index (χ3v) is 5.14. The van der Waals surface area contributed by atoms with E-state index >= 15 is 0 Å². The van der Waals surface area contributed by atoms with Crippen LogP contribution in [0, 0.1) is 27.7 Å². The van der Waals surface area contributed by atoms with Gasteiger partial charge in [-0.05, 0) is 62.1 Å². The van der Waals surface area contributed by atoms with Gasteiger partial charge >= 0.3 is 5.63 Å². The molecule has 0 aliphatic heterocycles. The molecule has 146 valence electrons. The first-order chi connectivity index (χ1) is 13.2. The number of rotatable bonds is 5. The molecule has 0 spiro atoms. The fourth-order valence-electron chi connectivity index (χ4n) is 3.49. The average molecular weight is 379 g/mol. The van der Waals surface area contributed by atoms with E-state index in [0.29, 0.717) is 18.7 Å². The molecule has 0 saturated heterocycles. The summed E-state index contributed by atoms with van der Waals surface area (Å²) in [4.78, 5) is 25.5. The van der Waals surface area contributed by atoms with Crippen molar-refractivity contribution < 1.29 is 14.1 Å². The SMILES string of the molecule is Cc1cc2oc(=O)cc(C[NH+](C)CC(=O)Nc3c(C)cccc3C)c2cc1C. The van der Waals surface area contributed by atoms with Crippen molar-refractivity contribution in [3.05, 3.63) is 74.6 Å². The molecule has 0 radical (unpaired) electrons. The van der Waals surface area contributed by atoms with E-state index in [2.05, 4.69) is 5.32 Å². The first kappa shape index (κ1) is 19.8. The van der Waals surface area contributed by atoms with E-state index in [0.717, 1.165) is 43.8 Å². The van der Waals surface area contributed by atoms with Crippen molar-refractivity contribution in [3.8, 4) is 0 Å². The lowest BCUT2D eigenvalue weighted by molar-refractivity contribution is -0.885. The summed E-state index contributed by atoms with van der Waals surface area (Å²) in [6.45, 7) is 8.87. The van der Waals surface area contributed by atoms with Crippen LogP contribution in [0.5, 0.6) is 0 Å². The maximum atomic E-state index is 12.5. The molecule has 3 rings (SSSR count). The van der Waals surface area contributed by atoms with E-state index < -0.39 is 0 Å². The molecule has 5 heteroatoms. The molecule has 0 aliphatic carbocycles. The minimum atomic E-state index is -0.362. The number of anilines is 1. The van der Waals surface area contributed by atoms with Crippen molar-refractivity contribution in [1.29, 1.82) is 0 Å². The van der Waals surface area contributed by atoms with Gasteiger partial charge in [-0.3, -0.25) is 4.79 Å². The van der Waals surface area contributed by atoms with Crippen LogP contribution >= 0.6 is 0 Å². The zero-order valence-corrected chi connectivity index (χ0v) is 17.1. The van der Waals surface area contributed by atoms with Crippen LogP contribution in [0.25, 0.3) is 11.0 Å². The Kier molecular flexibility index (Phi) is 5.66. The zero-order chi connectivity index (χ0) is 20.4.